The predicted octanol–water partition coefficient (Wildman–Crippen LogP) is 4.37. The predicted molar refractivity (Wildman–Crippen MR) is 97.5 cm³/mol. The maximum absolute atomic E-state index is 12.5. The van der Waals surface area contributed by atoms with Crippen LogP contribution in [0.5, 0.6) is 0 Å². The van der Waals surface area contributed by atoms with E-state index in [0.29, 0.717) is 5.69 Å². The van der Waals surface area contributed by atoms with Gasteiger partial charge in [0.15, 0.2) is 0 Å². The van der Waals surface area contributed by atoms with Crippen molar-refractivity contribution in [2.24, 2.45) is 0 Å². The second-order valence-corrected chi connectivity index (χ2v) is 7.10. The van der Waals surface area contributed by atoms with E-state index in [1.54, 1.807) is 12.1 Å². The van der Waals surface area contributed by atoms with Crippen molar-refractivity contribution in [2.75, 3.05) is 11.9 Å². The first-order valence-corrected chi connectivity index (χ1v) is 8.33. The minimum absolute atomic E-state index is 0.0471. The van der Waals surface area contributed by atoms with E-state index in [9.17, 15) is 22.8 Å². The Balaban J connectivity index is 1.97. The zero-order chi connectivity index (χ0) is 20.2. The zero-order valence-electron chi connectivity index (χ0n) is 15.3. The summed E-state index contributed by atoms with van der Waals surface area (Å²) in [5, 5.41) is 5.15. The lowest BCUT2D eigenvalue weighted by Crippen LogP contribution is -2.33. The molecule has 2 amide bonds. The van der Waals surface area contributed by atoms with Gasteiger partial charge in [0.2, 0.25) is 5.91 Å². The molecule has 0 heterocycles. The van der Waals surface area contributed by atoms with E-state index in [1.807, 2.05) is 32.9 Å². The van der Waals surface area contributed by atoms with E-state index >= 15 is 0 Å². The van der Waals surface area contributed by atoms with E-state index in [2.05, 4.69) is 10.6 Å². The molecule has 144 valence electrons. The summed E-state index contributed by atoms with van der Waals surface area (Å²) >= 11 is 0. The lowest BCUT2D eigenvalue weighted by Gasteiger charge is -2.23. The van der Waals surface area contributed by atoms with Crippen molar-refractivity contribution in [1.82, 2.24) is 5.32 Å². The molecule has 0 fully saturated rings. The molecule has 0 saturated carbocycles. The highest BCUT2D eigenvalue weighted by molar-refractivity contribution is 5.99. The molecule has 0 bridgehead atoms. The molecule has 27 heavy (non-hydrogen) atoms. The van der Waals surface area contributed by atoms with Crippen LogP contribution < -0.4 is 10.6 Å². The van der Waals surface area contributed by atoms with Gasteiger partial charge in [-0.15, -0.1) is 0 Å². The Morgan fingerprint density at radius 3 is 2.07 bits per heavy atom. The Morgan fingerprint density at radius 2 is 1.52 bits per heavy atom. The third-order valence-corrected chi connectivity index (χ3v) is 3.89. The number of benzene rings is 2. The molecule has 2 N–H and O–H groups in total. The number of carbonyl (C=O) groups is 2. The highest BCUT2D eigenvalue weighted by atomic mass is 19.4. The summed E-state index contributed by atoms with van der Waals surface area (Å²) in [6.45, 7) is 5.76. The number of halogens is 3. The fourth-order valence-corrected chi connectivity index (χ4v) is 2.51. The van der Waals surface area contributed by atoms with Gasteiger partial charge in [-0.1, -0.05) is 39.0 Å². The molecule has 0 aliphatic carbocycles. The van der Waals surface area contributed by atoms with Crippen LogP contribution in [0, 0.1) is 0 Å². The van der Waals surface area contributed by atoms with Crippen molar-refractivity contribution in [3.05, 3.63) is 65.2 Å². The zero-order valence-corrected chi connectivity index (χ0v) is 15.3. The van der Waals surface area contributed by atoms with Crippen LogP contribution in [0.15, 0.2) is 48.5 Å². The average molecular weight is 378 g/mol. The van der Waals surface area contributed by atoms with Crippen molar-refractivity contribution in [3.63, 3.8) is 0 Å². The van der Waals surface area contributed by atoms with Gasteiger partial charge in [0.25, 0.3) is 5.91 Å². The maximum atomic E-state index is 12.5. The standard InChI is InChI=1S/C20H21F3N2O2/c1-19(2,3)15-6-4-5-7-16(15)25-17(26)12-24-18(27)13-8-10-14(11-9-13)20(21,22)23/h4-11H,12H2,1-3H3,(H,24,27)(H,25,26). The number of rotatable bonds is 4. The molecule has 0 aliphatic rings. The third-order valence-electron chi connectivity index (χ3n) is 3.89. The Bertz CT molecular complexity index is 822. The minimum Gasteiger partial charge on any atom is -0.343 e. The van der Waals surface area contributed by atoms with Gasteiger partial charge in [-0.25, -0.2) is 0 Å². The molecule has 7 heteroatoms. The summed E-state index contributed by atoms with van der Waals surface area (Å²) in [5.41, 5.74) is 0.639. The third kappa shape index (κ3) is 5.57. The first kappa shape index (κ1) is 20.5. The summed E-state index contributed by atoms with van der Waals surface area (Å²) in [6.07, 6.45) is -4.46. The Kier molecular flexibility index (Phi) is 5.93. The monoisotopic (exact) mass is 378 g/mol. The molecule has 2 aromatic rings. The van der Waals surface area contributed by atoms with Crippen molar-refractivity contribution >= 4 is 17.5 Å². The van der Waals surface area contributed by atoms with Gasteiger partial charge in [0.1, 0.15) is 0 Å². The summed E-state index contributed by atoms with van der Waals surface area (Å²) in [7, 11) is 0. The number of para-hydroxylation sites is 1. The van der Waals surface area contributed by atoms with Crippen LogP contribution >= 0.6 is 0 Å². The molecule has 0 saturated heterocycles. The van der Waals surface area contributed by atoms with Crippen LogP contribution in [0.3, 0.4) is 0 Å². The second-order valence-electron chi connectivity index (χ2n) is 7.10. The largest absolute Gasteiger partial charge is 0.416 e. The van der Waals surface area contributed by atoms with Crippen molar-refractivity contribution in [1.29, 1.82) is 0 Å². The highest BCUT2D eigenvalue weighted by Gasteiger charge is 2.30. The average Bonchev–Trinajstić information content (AvgIpc) is 2.58. The van der Waals surface area contributed by atoms with Gasteiger partial charge in [-0.3, -0.25) is 9.59 Å². The highest BCUT2D eigenvalue weighted by Crippen LogP contribution is 2.30. The van der Waals surface area contributed by atoms with E-state index in [0.717, 1.165) is 29.8 Å². The SMILES string of the molecule is CC(C)(C)c1ccccc1NC(=O)CNC(=O)c1ccc(C(F)(F)F)cc1. The lowest BCUT2D eigenvalue weighted by atomic mass is 9.86. The van der Waals surface area contributed by atoms with Crippen LogP contribution in [0.2, 0.25) is 0 Å². The number of nitrogens with one attached hydrogen (secondary N) is 2. The van der Waals surface area contributed by atoms with Crippen molar-refractivity contribution in [3.8, 4) is 0 Å². The van der Waals surface area contributed by atoms with Crippen LogP contribution in [-0.2, 0) is 16.4 Å². The molecule has 4 nitrogen and oxygen atoms in total. The van der Waals surface area contributed by atoms with Gasteiger partial charge in [-0.05, 0) is 41.3 Å². The second kappa shape index (κ2) is 7.82. The summed E-state index contributed by atoms with van der Waals surface area (Å²) in [5.74, 6) is -1.05. The number of hydrogen-bond donors (Lipinski definition) is 2. The van der Waals surface area contributed by atoms with Gasteiger partial charge in [0, 0.05) is 11.3 Å². The molecule has 0 unspecified atom stereocenters. The van der Waals surface area contributed by atoms with Crippen LogP contribution in [-0.4, -0.2) is 18.4 Å². The number of alkyl halides is 3. The quantitative estimate of drug-likeness (QED) is 0.830. The van der Waals surface area contributed by atoms with E-state index in [-0.39, 0.29) is 17.5 Å². The fourth-order valence-electron chi connectivity index (χ4n) is 2.51. The summed E-state index contributed by atoms with van der Waals surface area (Å²) < 4.78 is 37.6. The van der Waals surface area contributed by atoms with Crippen LogP contribution in [0.1, 0.15) is 42.3 Å². The summed E-state index contributed by atoms with van der Waals surface area (Å²) in [4.78, 5) is 24.2. The molecule has 2 rings (SSSR count). The van der Waals surface area contributed by atoms with Gasteiger partial charge >= 0.3 is 6.18 Å². The molecule has 0 atom stereocenters. The molecule has 0 aliphatic heterocycles. The summed E-state index contributed by atoms with van der Waals surface area (Å²) in [6, 6.07) is 11.2. The molecule has 0 aromatic heterocycles. The Hall–Kier alpha value is -2.83. The molecule has 0 radical (unpaired) electrons. The van der Waals surface area contributed by atoms with Gasteiger partial charge in [-0.2, -0.15) is 13.2 Å². The molecule has 2 aromatic carbocycles. The van der Waals surface area contributed by atoms with E-state index in [4.69, 9.17) is 0 Å². The van der Waals surface area contributed by atoms with E-state index in [1.165, 1.54) is 0 Å². The topological polar surface area (TPSA) is 58.2 Å². The Labute approximate surface area is 155 Å². The number of hydrogen-bond acceptors (Lipinski definition) is 2. The first-order valence-electron chi connectivity index (χ1n) is 8.33. The van der Waals surface area contributed by atoms with Crippen molar-refractivity contribution < 1.29 is 22.8 Å². The molecular formula is C20H21F3N2O2. The molecular weight excluding hydrogens is 357 g/mol. The Morgan fingerprint density at radius 1 is 0.926 bits per heavy atom. The fraction of sp³-hybridized carbons (Fsp3) is 0.300. The normalized spacial score (nSPS) is 11.8. The maximum Gasteiger partial charge on any atom is 0.416 e. The minimum atomic E-state index is -4.46. The number of carbonyl (C=O) groups excluding carboxylic acids is 2. The molecule has 0 spiro atoms. The lowest BCUT2D eigenvalue weighted by molar-refractivity contribution is -0.137. The van der Waals surface area contributed by atoms with Gasteiger partial charge in [0.05, 0.1) is 12.1 Å². The van der Waals surface area contributed by atoms with Crippen LogP contribution in [0.4, 0.5) is 18.9 Å². The van der Waals surface area contributed by atoms with E-state index < -0.39 is 23.6 Å². The number of amides is 2. The van der Waals surface area contributed by atoms with Gasteiger partial charge < -0.3 is 10.6 Å². The van der Waals surface area contributed by atoms with Crippen LogP contribution in [0.25, 0.3) is 0 Å². The smallest absolute Gasteiger partial charge is 0.343 e. The number of anilines is 1. The van der Waals surface area contributed by atoms with Crippen molar-refractivity contribution in [2.45, 2.75) is 32.4 Å². The first-order chi connectivity index (χ1) is 12.5.